The maximum Gasteiger partial charge on any atom is 0.498 e. The SMILES string of the molecule is COc1ccc(-c2cnc(N)c(-c3ccc(CC(=O)c4cn(CC5CCOCC5)cc(-c5ccc(C)cc5)c4=O)nn3)c2)cc1OC.COc1ccc(-c2cnc(N)c(B3OC(C)(C)C(C)(C)O3)c2)cc1OC.Cc1ccc(-c2cn(CC3CCOCC3)cc(C(=O)Cc3ccc(Cl)nn3)c2=O)cc1. The van der Waals surface area contributed by atoms with Gasteiger partial charge in [-0.1, -0.05) is 83.4 Å². The van der Waals surface area contributed by atoms with Crippen molar-refractivity contribution in [2.45, 2.75) is 104 Å². The Morgan fingerprint density at radius 1 is 0.500 bits per heavy atom. The number of hydrogen-bond acceptors (Lipinski definition) is 20. The Balaban J connectivity index is 0.000000165. The van der Waals surface area contributed by atoms with E-state index in [1.807, 2.05) is 160 Å². The lowest BCUT2D eigenvalue weighted by Crippen LogP contribution is -2.41. The molecule has 13 rings (SSSR count). The molecule has 6 aromatic heterocycles. The minimum Gasteiger partial charge on any atom is -0.493 e. The fourth-order valence-corrected chi connectivity index (χ4v) is 12.5. The van der Waals surface area contributed by atoms with Crippen LogP contribution in [0, 0.1) is 25.7 Å². The molecular weight excluding hydrogens is 1340 g/mol. The number of methoxy groups -OCH3 is 4. The van der Waals surface area contributed by atoms with Crippen LogP contribution in [0.15, 0.2) is 168 Å². The average Bonchev–Trinajstić information content (AvgIpc) is 1.58. The number of anilines is 2. The number of rotatable bonds is 20. The zero-order valence-corrected chi connectivity index (χ0v) is 61.0. The van der Waals surface area contributed by atoms with Gasteiger partial charge in [0.2, 0.25) is 0 Å². The summed E-state index contributed by atoms with van der Waals surface area (Å²) in [5.74, 6) is 3.49. The fourth-order valence-electron chi connectivity index (χ4n) is 12.4. The van der Waals surface area contributed by atoms with E-state index >= 15 is 0 Å². The molecule has 0 atom stereocenters. The molecule has 0 saturated carbocycles. The van der Waals surface area contributed by atoms with Crippen LogP contribution in [0.3, 0.4) is 0 Å². The molecule has 10 aromatic rings. The van der Waals surface area contributed by atoms with E-state index in [-0.39, 0.29) is 51.5 Å². The van der Waals surface area contributed by atoms with E-state index in [4.69, 9.17) is 60.8 Å². The van der Waals surface area contributed by atoms with Gasteiger partial charge in [-0.2, -0.15) is 15.3 Å². The van der Waals surface area contributed by atoms with E-state index in [0.29, 0.717) is 86.8 Å². The highest BCUT2D eigenvalue weighted by atomic mass is 35.5. The van der Waals surface area contributed by atoms with Crippen molar-refractivity contribution in [3.8, 4) is 78.8 Å². The van der Waals surface area contributed by atoms with Crippen molar-refractivity contribution in [1.82, 2.24) is 39.5 Å². The molecule has 0 bridgehead atoms. The molecule has 0 spiro atoms. The first kappa shape index (κ1) is 74.8. The Labute approximate surface area is 610 Å². The van der Waals surface area contributed by atoms with Crippen LogP contribution in [0.25, 0.3) is 55.8 Å². The van der Waals surface area contributed by atoms with E-state index in [1.165, 1.54) is 0 Å². The Morgan fingerprint density at radius 2 is 0.923 bits per heavy atom. The second-order valence-corrected chi connectivity index (χ2v) is 27.5. The maximum atomic E-state index is 13.7. The van der Waals surface area contributed by atoms with Crippen LogP contribution in [-0.2, 0) is 44.7 Å². The fraction of sp³-hybridized carbons (Fsp3) is 0.325. The lowest BCUT2D eigenvalue weighted by molar-refractivity contribution is 0.00578. The van der Waals surface area contributed by atoms with E-state index in [2.05, 4.69) is 30.4 Å². The van der Waals surface area contributed by atoms with E-state index < -0.39 is 18.3 Å². The highest BCUT2D eigenvalue weighted by Crippen LogP contribution is 2.39. The van der Waals surface area contributed by atoms with E-state index in [0.717, 1.165) is 109 Å². The molecule has 4 aromatic carbocycles. The monoisotopic (exact) mass is 1420 g/mol. The smallest absolute Gasteiger partial charge is 0.493 e. The van der Waals surface area contributed by atoms with Gasteiger partial charge in [-0.15, -0.1) is 5.10 Å². The molecule has 3 aliphatic heterocycles. The Kier molecular flexibility index (Phi) is 24.0. The normalized spacial score (nSPS) is 14.9. The summed E-state index contributed by atoms with van der Waals surface area (Å²) in [7, 11) is 5.83. The van der Waals surface area contributed by atoms with Crippen molar-refractivity contribution in [3.05, 3.63) is 218 Å². The number of benzene rings is 4. The molecule has 0 aliphatic carbocycles. The van der Waals surface area contributed by atoms with Crippen LogP contribution in [0.4, 0.5) is 11.6 Å². The highest BCUT2D eigenvalue weighted by molar-refractivity contribution is 6.63. The molecule has 0 unspecified atom stereocenters. The number of pyridine rings is 4. The minimum atomic E-state index is -0.562. The van der Waals surface area contributed by atoms with Crippen molar-refractivity contribution < 1.29 is 47.3 Å². The number of halogens is 1. The van der Waals surface area contributed by atoms with Crippen LogP contribution in [-0.4, -0.2) is 124 Å². The first-order chi connectivity index (χ1) is 50.0. The molecule has 0 radical (unpaired) electrons. The van der Waals surface area contributed by atoms with Crippen molar-refractivity contribution in [2.24, 2.45) is 11.8 Å². The number of hydrogen-bond donors (Lipinski definition) is 2. The number of aryl methyl sites for hydroxylation is 2. The topological polar surface area (TPSA) is 281 Å². The molecule has 3 aliphatic rings. The summed E-state index contributed by atoms with van der Waals surface area (Å²) in [4.78, 5) is 62.4. The molecule has 3 fully saturated rings. The van der Waals surface area contributed by atoms with Crippen LogP contribution in [0.2, 0.25) is 5.15 Å². The predicted octanol–water partition coefficient (Wildman–Crippen LogP) is 12.6. The minimum absolute atomic E-state index is 0.00592. The van der Waals surface area contributed by atoms with E-state index in [1.54, 1.807) is 77.5 Å². The molecule has 104 heavy (non-hydrogen) atoms. The lowest BCUT2D eigenvalue weighted by atomic mass is 9.78. The van der Waals surface area contributed by atoms with Gasteiger partial charge in [0.1, 0.15) is 11.6 Å². The van der Waals surface area contributed by atoms with Crippen LogP contribution >= 0.6 is 11.6 Å². The molecule has 3 saturated heterocycles. The van der Waals surface area contributed by atoms with Crippen molar-refractivity contribution in [2.75, 3.05) is 66.3 Å². The van der Waals surface area contributed by atoms with Crippen molar-refractivity contribution in [3.63, 3.8) is 0 Å². The second-order valence-electron chi connectivity index (χ2n) is 27.1. The number of carbonyl (C=O) groups excluding carboxylic acids is 2. The Hall–Kier alpha value is -10.4. The standard InChI is InChI=1S/C37H37N5O5.C24H24ClN3O3.C19H25BN2O4/c1-23-4-6-25(7-5-23)30-21-42(20-24-12-14-47-15-13-24)22-31(36(30)44)33(43)18-28-9-10-32(41-40-28)29-16-27(19-39-37(29)38)26-8-11-34(45-2)35(17-26)46-3;1-16-2-4-18(5-3-16)20-14-28(13-17-8-10-31-11-9-17)15-21(24(20)30)22(29)12-19-6-7-23(25)27-26-19;1-18(2)19(3,4)26-20(25-18)14-9-13(11-22-17(14)21)12-7-8-15(23-5)16(10-12)24-6/h4-11,16-17,19,21-22,24H,12-15,18,20H2,1-3H3,(H2,38,39);2-7,14-15,17H,8-13H2,1H3;7-11H,1-6H3,(H2,21,22). The number of Topliss-reactive ketones (excluding diaryl/α,β-unsaturated/α-hetero) is 2. The van der Waals surface area contributed by atoms with Gasteiger partial charge in [-0.25, -0.2) is 9.97 Å². The first-order valence-electron chi connectivity index (χ1n) is 34.5. The second kappa shape index (κ2) is 33.3. The maximum absolute atomic E-state index is 13.7. The predicted molar refractivity (Wildman–Crippen MR) is 403 cm³/mol. The average molecular weight is 1430 g/mol. The summed E-state index contributed by atoms with van der Waals surface area (Å²) in [5.41, 5.74) is 22.3. The van der Waals surface area contributed by atoms with Crippen LogP contribution in [0.5, 0.6) is 23.0 Å². The highest BCUT2D eigenvalue weighted by Gasteiger charge is 2.52. The molecule has 22 nitrogen and oxygen atoms in total. The third-order valence-electron chi connectivity index (χ3n) is 19.3. The number of aromatic nitrogens is 8. The summed E-state index contributed by atoms with van der Waals surface area (Å²) in [5, 5.41) is 16.7. The first-order valence-corrected chi connectivity index (χ1v) is 34.8. The number of nitrogens with two attached hydrogens (primary N) is 2. The van der Waals surface area contributed by atoms with Gasteiger partial charge >= 0.3 is 7.12 Å². The molecule has 4 N–H and O–H groups in total. The lowest BCUT2D eigenvalue weighted by Gasteiger charge is -2.32. The summed E-state index contributed by atoms with van der Waals surface area (Å²) < 4.78 is 48.7. The summed E-state index contributed by atoms with van der Waals surface area (Å²) in [6.07, 6.45) is 14.2. The van der Waals surface area contributed by atoms with Gasteiger partial charge in [0.05, 0.1) is 80.7 Å². The van der Waals surface area contributed by atoms with Gasteiger partial charge in [0, 0.05) is 104 Å². The van der Waals surface area contributed by atoms with Gasteiger partial charge in [0.15, 0.2) is 50.6 Å². The number of carbonyl (C=O) groups is 2. The van der Waals surface area contributed by atoms with Gasteiger partial charge in [-0.05, 0) is 168 Å². The summed E-state index contributed by atoms with van der Waals surface area (Å²) in [6, 6.07) is 37.4. The number of nitrogens with zero attached hydrogens (tertiary/aromatic N) is 8. The quantitative estimate of drug-likeness (QED) is 0.0529. The largest absolute Gasteiger partial charge is 0.498 e. The van der Waals surface area contributed by atoms with Gasteiger partial charge in [-0.3, -0.25) is 19.2 Å². The van der Waals surface area contributed by atoms with Crippen molar-refractivity contribution in [1.29, 1.82) is 0 Å². The molecule has 538 valence electrons. The molecular formula is C80H86BClN10O12. The Bertz CT molecular complexity index is 4800. The van der Waals surface area contributed by atoms with Gasteiger partial charge < -0.3 is 58.3 Å². The van der Waals surface area contributed by atoms with Crippen molar-refractivity contribution >= 4 is 47.4 Å². The molecule has 0 amide bonds. The Morgan fingerprint density at radius 3 is 1.35 bits per heavy atom. The third kappa shape index (κ3) is 18.0. The van der Waals surface area contributed by atoms with Crippen LogP contribution < -0.4 is 46.7 Å². The molecule has 9 heterocycles. The number of ether oxygens (including phenoxy) is 6. The number of nitrogen functional groups attached to an aromatic ring is 2. The van der Waals surface area contributed by atoms with E-state index in [9.17, 15) is 19.2 Å². The summed E-state index contributed by atoms with van der Waals surface area (Å²) >= 11 is 5.78. The third-order valence-corrected chi connectivity index (χ3v) is 19.5. The zero-order valence-electron chi connectivity index (χ0n) is 60.2. The van der Waals surface area contributed by atoms with Crippen LogP contribution in [0.1, 0.15) is 96.6 Å². The number of ketones is 2. The zero-order chi connectivity index (χ0) is 73.8. The molecule has 24 heteroatoms. The summed E-state index contributed by atoms with van der Waals surface area (Å²) in [6.45, 7) is 16.4. The van der Waals surface area contributed by atoms with Gasteiger partial charge in [0.25, 0.3) is 0 Å².